The average Bonchev–Trinajstić information content (AvgIpc) is 3.04. The number of nitrogens with zero attached hydrogens (tertiary/aromatic N) is 2. The van der Waals surface area contributed by atoms with E-state index in [0.29, 0.717) is 16.4 Å². The average molecular weight is 321 g/mol. The van der Waals surface area contributed by atoms with Gasteiger partial charge < -0.3 is 9.84 Å². The lowest BCUT2D eigenvalue weighted by molar-refractivity contribution is 0.421. The SMILES string of the molecule is CCC1SCCSC1c1noc(-c2ccccc2NC)n1. The van der Waals surface area contributed by atoms with Gasteiger partial charge in [-0.15, -0.1) is 11.8 Å². The second-order valence-electron chi connectivity index (χ2n) is 4.86. The summed E-state index contributed by atoms with van der Waals surface area (Å²) in [6, 6.07) is 8.00. The van der Waals surface area contributed by atoms with Gasteiger partial charge >= 0.3 is 0 Å². The monoisotopic (exact) mass is 321 g/mol. The molecule has 1 fully saturated rings. The van der Waals surface area contributed by atoms with E-state index >= 15 is 0 Å². The van der Waals surface area contributed by atoms with Crippen LogP contribution in [0.2, 0.25) is 0 Å². The molecular weight excluding hydrogens is 302 g/mol. The number of para-hydroxylation sites is 1. The minimum absolute atomic E-state index is 0.341. The van der Waals surface area contributed by atoms with Crippen molar-refractivity contribution in [3.63, 3.8) is 0 Å². The molecule has 2 unspecified atom stereocenters. The minimum Gasteiger partial charge on any atom is -0.387 e. The molecule has 3 rings (SSSR count). The van der Waals surface area contributed by atoms with Gasteiger partial charge in [0.25, 0.3) is 5.89 Å². The highest BCUT2D eigenvalue weighted by Crippen LogP contribution is 2.43. The van der Waals surface area contributed by atoms with E-state index in [4.69, 9.17) is 4.52 Å². The minimum atomic E-state index is 0.341. The van der Waals surface area contributed by atoms with Gasteiger partial charge in [-0.1, -0.05) is 24.2 Å². The normalized spacial score (nSPS) is 22.2. The van der Waals surface area contributed by atoms with Crippen LogP contribution in [-0.4, -0.2) is 33.9 Å². The van der Waals surface area contributed by atoms with Crippen molar-refractivity contribution in [2.45, 2.75) is 23.8 Å². The van der Waals surface area contributed by atoms with Crippen LogP contribution in [0.25, 0.3) is 11.5 Å². The standard InChI is InChI=1S/C15H19N3OS2/c1-3-12-13(21-9-8-20-12)14-17-15(19-18-14)10-6-4-5-7-11(10)16-2/h4-7,12-13,16H,3,8-9H2,1-2H3. The molecule has 0 spiro atoms. The molecule has 1 aliphatic rings. The van der Waals surface area contributed by atoms with Gasteiger partial charge in [0.2, 0.25) is 0 Å². The van der Waals surface area contributed by atoms with E-state index < -0.39 is 0 Å². The van der Waals surface area contributed by atoms with E-state index in [-0.39, 0.29) is 0 Å². The molecule has 0 aliphatic carbocycles. The second-order valence-corrected chi connectivity index (χ2v) is 7.46. The summed E-state index contributed by atoms with van der Waals surface area (Å²) in [5.41, 5.74) is 1.96. The third-order valence-corrected chi connectivity index (χ3v) is 6.82. The van der Waals surface area contributed by atoms with Crippen LogP contribution in [-0.2, 0) is 0 Å². The Bertz CT molecular complexity index is 602. The highest BCUT2D eigenvalue weighted by atomic mass is 32.2. The summed E-state index contributed by atoms with van der Waals surface area (Å²) >= 11 is 3.97. The topological polar surface area (TPSA) is 51.0 Å². The van der Waals surface area contributed by atoms with Crippen molar-refractivity contribution in [1.82, 2.24) is 10.1 Å². The Kier molecular flexibility index (Phi) is 4.75. The number of aromatic nitrogens is 2. The van der Waals surface area contributed by atoms with E-state index in [9.17, 15) is 0 Å². The lowest BCUT2D eigenvalue weighted by Gasteiger charge is -2.27. The molecule has 1 N–H and O–H groups in total. The number of hydrogen-bond acceptors (Lipinski definition) is 6. The first-order valence-electron chi connectivity index (χ1n) is 7.17. The van der Waals surface area contributed by atoms with Crippen molar-refractivity contribution in [2.24, 2.45) is 0 Å². The number of anilines is 1. The Morgan fingerprint density at radius 2 is 2.10 bits per heavy atom. The van der Waals surface area contributed by atoms with Crippen molar-refractivity contribution >= 4 is 29.2 Å². The number of rotatable bonds is 4. The highest BCUT2D eigenvalue weighted by Gasteiger charge is 2.30. The molecule has 2 heterocycles. The van der Waals surface area contributed by atoms with Gasteiger partial charge in [0.05, 0.1) is 10.8 Å². The van der Waals surface area contributed by atoms with E-state index in [2.05, 4.69) is 22.4 Å². The third kappa shape index (κ3) is 3.06. The van der Waals surface area contributed by atoms with E-state index in [1.165, 1.54) is 5.75 Å². The maximum Gasteiger partial charge on any atom is 0.260 e. The molecule has 1 aromatic heterocycles. The molecular formula is C15H19N3OS2. The number of thioether (sulfide) groups is 2. The Labute approximate surface area is 133 Å². The summed E-state index contributed by atoms with van der Waals surface area (Å²) in [4.78, 5) is 4.66. The zero-order chi connectivity index (χ0) is 14.7. The van der Waals surface area contributed by atoms with Crippen LogP contribution >= 0.6 is 23.5 Å². The number of nitrogens with one attached hydrogen (secondary N) is 1. The van der Waals surface area contributed by atoms with E-state index in [1.807, 2.05) is 54.8 Å². The maximum absolute atomic E-state index is 5.52. The summed E-state index contributed by atoms with van der Waals surface area (Å²) in [6.07, 6.45) is 1.14. The molecule has 0 radical (unpaired) electrons. The fourth-order valence-electron chi connectivity index (χ4n) is 2.49. The molecule has 21 heavy (non-hydrogen) atoms. The molecule has 1 saturated heterocycles. The summed E-state index contributed by atoms with van der Waals surface area (Å²) < 4.78 is 5.52. The zero-order valence-corrected chi connectivity index (χ0v) is 13.8. The molecule has 4 nitrogen and oxygen atoms in total. The predicted molar refractivity (Wildman–Crippen MR) is 91.0 cm³/mol. The molecule has 2 atom stereocenters. The van der Waals surface area contributed by atoms with Crippen molar-refractivity contribution in [3.8, 4) is 11.5 Å². The van der Waals surface area contributed by atoms with Crippen LogP contribution in [0.4, 0.5) is 5.69 Å². The Morgan fingerprint density at radius 1 is 1.29 bits per heavy atom. The fraction of sp³-hybridized carbons (Fsp3) is 0.467. The quantitative estimate of drug-likeness (QED) is 0.916. The second kappa shape index (κ2) is 6.75. The third-order valence-electron chi connectivity index (χ3n) is 3.58. The van der Waals surface area contributed by atoms with Crippen LogP contribution in [0, 0.1) is 0 Å². The van der Waals surface area contributed by atoms with E-state index in [1.54, 1.807) is 0 Å². The van der Waals surface area contributed by atoms with Gasteiger partial charge in [0.1, 0.15) is 0 Å². The van der Waals surface area contributed by atoms with Gasteiger partial charge in [-0.3, -0.25) is 0 Å². The first-order valence-corrected chi connectivity index (χ1v) is 9.27. The molecule has 6 heteroatoms. The molecule has 112 valence electrons. The van der Waals surface area contributed by atoms with Gasteiger partial charge in [0, 0.05) is 29.5 Å². The van der Waals surface area contributed by atoms with Crippen molar-refractivity contribution < 1.29 is 4.52 Å². The zero-order valence-electron chi connectivity index (χ0n) is 12.2. The largest absolute Gasteiger partial charge is 0.387 e. The van der Waals surface area contributed by atoms with Crippen molar-refractivity contribution in [1.29, 1.82) is 0 Å². The van der Waals surface area contributed by atoms with Gasteiger partial charge in [-0.05, 0) is 18.6 Å². The fourth-order valence-corrected chi connectivity index (χ4v) is 5.47. The van der Waals surface area contributed by atoms with Crippen LogP contribution in [0.5, 0.6) is 0 Å². The molecule has 2 aromatic rings. The molecule has 0 bridgehead atoms. The van der Waals surface area contributed by atoms with Gasteiger partial charge in [-0.25, -0.2) is 0 Å². The van der Waals surface area contributed by atoms with Gasteiger partial charge in [0.15, 0.2) is 5.82 Å². The molecule has 1 aromatic carbocycles. The predicted octanol–water partition coefficient (Wildman–Crippen LogP) is 4.08. The lowest BCUT2D eigenvalue weighted by Crippen LogP contribution is -2.19. The number of hydrogen-bond donors (Lipinski definition) is 1. The number of benzene rings is 1. The van der Waals surface area contributed by atoms with Crippen molar-refractivity contribution in [2.75, 3.05) is 23.9 Å². The summed E-state index contributed by atoms with van der Waals surface area (Å²) in [5, 5.41) is 8.33. The van der Waals surface area contributed by atoms with Crippen LogP contribution in [0.3, 0.4) is 0 Å². The summed E-state index contributed by atoms with van der Waals surface area (Å²) in [7, 11) is 1.90. The van der Waals surface area contributed by atoms with Crippen molar-refractivity contribution in [3.05, 3.63) is 30.1 Å². The first-order chi connectivity index (χ1) is 10.3. The Balaban J connectivity index is 1.89. The smallest absolute Gasteiger partial charge is 0.260 e. The van der Waals surface area contributed by atoms with E-state index in [0.717, 1.165) is 29.2 Å². The summed E-state index contributed by atoms with van der Waals surface area (Å²) in [6.45, 7) is 2.23. The van der Waals surface area contributed by atoms with Crippen LogP contribution in [0.15, 0.2) is 28.8 Å². The molecule has 1 aliphatic heterocycles. The Morgan fingerprint density at radius 3 is 2.90 bits per heavy atom. The molecule has 0 amide bonds. The Hall–Kier alpha value is -1.14. The van der Waals surface area contributed by atoms with Crippen LogP contribution < -0.4 is 5.32 Å². The highest BCUT2D eigenvalue weighted by molar-refractivity contribution is 8.06. The summed E-state index contributed by atoms with van der Waals surface area (Å²) in [5.74, 6) is 3.80. The lowest BCUT2D eigenvalue weighted by atomic mass is 10.2. The first kappa shape index (κ1) is 14.8. The van der Waals surface area contributed by atoms with Gasteiger partial charge in [-0.2, -0.15) is 16.7 Å². The molecule has 0 saturated carbocycles. The maximum atomic E-state index is 5.52. The van der Waals surface area contributed by atoms with Crippen LogP contribution in [0.1, 0.15) is 24.4 Å².